The first kappa shape index (κ1) is 13.8. The van der Waals surface area contributed by atoms with E-state index < -0.39 is 7.59 Å². The smallest absolute Gasteiger partial charge is 0.300 e. The molecule has 0 saturated heterocycles. The van der Waals surface area contributed by atoms with Crippen LogP contribution in [0.25, 0.3) is 0 Å². The number of phenolic OH excluding ortho intramolecular Hbond substituents is 1. The van der Waals surface area contributed by atoms with Gasteiger partial charge in [-0.25, -0.2) is 0 Å². The van der Waals surface area contributed by atoms with Gasteiger partial charge in [0.2, 0.25) is 0 Å². The number of hydrogen-bond donors (Lipinski definition) is 3. The summed E-state index contributed by atoms with van der Waals surface area (Å²) in [6, 6.07) is 3.18. The average molecular weight is 255 g/mol. The lowest BCUT2D eigenvalue weighted by atomic mass is 10.1. The molecule has 0 aliphatic carbocycles. The summed E-state index contributed by atoms with van der Waals surface area (Å²) in [6.45, 7) is 7.46. The molecule has 0 spiro atoms. The first-order chi connectivity index (χ1) is 7.79. The maximum absolute atomic E-state index is 11.8. The number of nitrogens with zero attached hydrogens (tertiary/aromatic N) is 1. The topological polar surface area (TPSA) is 92.6 Å². The van der Waals surface area contributed by atoms with Gasteiger partial charge in [-0.3, -0.25) is 20.2 Å². The summed E-state index contributed by atoms with van der Waals surface area (Å²) in [7, 11) is -3.40. The molecule has 0 atom stereocenters. The van der Waals surface area contributed by atoms with Crippen LogP contribution in [0.2, 0.25) is 0 Å². The van der Waals surface area contributed by atoms with Crippen LogP contribution in [0, 0.1) is 13.8 Å². The van der Waals surface area contributed by atoms with Gasteiger partial charge in [0.05, 0.1) is 0 Å². The minimum absolute atomic E-state index is 0.189. The van der Waals surface area contributed by atoms with Gasteiger partial charge in [-0.2, -0.15) is 0 Å². The molecule has 0 radical (unpaired) electrons. The predicted molar refractivity (Wildman–Crippen MR) is 71.1 cm³/mol. The largest absolute Gasteiger partial charge is 0.508 e. The summed E-state index contributed by atoms with van der Waals surface area (Å²) in [5.41, 5.74) is 13.2. The van der Waals surface area contributed by atoms with Crippen molar-refractivity contribution in [1.29, 1.82) is 0 Å². The van der Waals surface area contributed by atoms with E-state index in [0.29, 0.717) is 11.3 Å². The maximum atomic E-state index is 11.8. The molecule has 6 heteroatoms. The van der Waals surface area contributed by atoms with Crippen LogP contribution in [0.15, 0.2) is 24.8 Å². The van der Waals surface area contributed by atoms with Gasteiger partial charge in [0.15, 0.2) is 0 Å². The normalized spacial score (nSPS) is 11.3. The van der Waals surface area contributed by atoms with E-state index in [-0.39, 0.29) is 12.3 Å². The minimum Gasteiger partial charge on any atom is -0.508 e. The minimum atomic E-state index is -3.40. The Morgan fingerprint density at radius 3 is 2.47 bits per heavy atom. The number of aromatic hydroxyl groups is 1. The molecule has 17 heavy (non-hydrogen) atoms. The Morgan fingerprint density at radius 2 is 2.00 bits per heavy atom. The van der Waals surface area contributed by atoms with Crippen molar-refractivity contribution in [2.24, 2.45) is 11.0 Å². The Balaban J connectivity index is 3.34. The summed E-state index contributed by atoms with van der Waals surface area (Å²) in [5, 5.41) is 9.57. The summed E-state index contributed by atoms with van der Waals surface area (Å²) < 4.78 is 13.2. The lowest BCUT2D eigenvalue weighted by Gasteiger charge is -2.28. The van der Waals surface area contributed by atoms with E-state index >= 15 is 0 Å². The van der Waals surface area contributed by atoms with Crippen LogP contribution >= 0.6 is 7.59 Å². The second kappa shape index (κ2) is 4.92. The standard InChI is InChI=1S/C11H18N3O2P/c1-4-7-14(17(12,13)16)10-5-6-11(15)9(3)8(10)2/h4-6,15H,1,7H2,2-3H3,(H4,12,13,16). The molecule has 1 aromatic rings. The van der Waals surface area contributed by atoms with Crippen molar-refractivity contribution in [2.45, 2.75) is 13.8 Å². The van der Waals surface area contributed by atoms with Crippen LogP contribution in [0.1, 0.15) is 11.1 Å². The van der Waals surface area contributed by atoms with Crippen molar-refractivity contribution < 1.29 is 9.67 Å². The Kier molecular flexibility index (Phi) is 3.98. The summed E-state index contributed by atoms with van der Waals surface area (Å²) in [5.74, 6) is 0.189. The highest BCUT2D eigenvalue weighted by atomic mass is 31.2. The van der Waals surface area contributed by atoms with E-state index in [9.17, 15) is 9.67 Å². The molecule has 0 unspecified atom stereocenters. The van der Waals surface area contributed by atoms with Crippen molar-refractivity contribution in [3.63, 3.8) is 0 Å². The molecule has 5 nitrogen and oxygen atoms in total. The molecule has 0 bridgehead atoms. The number of benzene rings is 1. The Morgan fingerprint density at radius 1 is 1.41 bits per heavy atom. The quantitative estimate of drug-likeness (QED) is 0.565. The summed E-state index contributed by atoms with van der Waals surface area (Å²) in [4.78, 5) is 0. The summed E-state index contributed by atoms with van der Waals surface area (Å²) in [6.07, 6.45) is 1.58. The Hall–Kier alpha value is -1.29. The lowest BCUT2D eigenvalue weighted by Crippen LogP contribution is -2.29. The van der Waals surface area contributed by atoms with Gasteiger partial charge >= 0.3 is 7.59 Å². The highest BCUT2D eigenvalue weighted by molar-refractivity contribution is 7.60. The van der Waals surface area contributed by atoms with Crippen molar-refractivity contribution in [1.82, 2.24) is 0 Å². The fourth-order valence-electron chi connectivity index (χ4n) is 1.59. The molecule has 0 aliphatic rings. The summed E-state index contributed by atoms with van der Waals surface area (Å²) >= 11 is 0. The molecule has 1 aromatic carbocycles. The number of anilines is 1. The third kappa shape index (κ3) is 2.88. The fourth-order valence-corrected chi connectivity index (χ4v) is 2.51. The second-order valence-corrected chi connectivity index (χ2v) is 5.72. The van der Waals surface area contributed by atoms with Crippen LogP contribution < -0.4 is 15.7 Å². The highest BCUT2D eigenvalue weighted by Gasteiger charge is 2.23. The van der Waals surface area contributed by atoms with Crippen molar-refractivity contribution in [3.8, 4) is 5.75 Å². The van der Waals surface area contributed by atoms with Gasteiger partial charge in [-0.15, -0.1) is 6.58 Å². The molecule has 0 aliphatic heterocycles. The zero-order chi connectivity index (χ0) is 13.2. The van der Waals surface area contributed by atoms with E-state index in [1.807, 2.05) is 6.92 Å². The molecule has 0 saturated carbocycles. The fraction of sp³-hybridized carbons (Fsp3) is 0.273. The zero-order valence-corrected chi connectivity index (χ0v) is 10.9. The van der Waals surface area contributed by atoms with Crippen LogP contribution in [0.4, 0.5) is 5.69 Å². The Labute approximate surface area is 101 Å². The van der Waals surface area contributed by atoms with Crippen LogP contribution in [0.3, 0.4) is 0 Å². The first-order valence-corrected chi connectivity index (χ1v) is 6.94. The third-order valence-electron chi connectivity index (χ3n) is 2.69. The van der Waals surface area contributed by atoms with Crippen molar-refractivity contribution >= 4 is 13.3 Å². The number of phenols is 1. The molecule has 5 N–H and O–H groups in total. The van der Waals surface area contributed by atoms with E-state index in [1.165, 1.54) is 10.7 Å². The van der Waals surface area contributed by atoms with Gasteiger partial charge in [0.1, 0.15) is 5.75 Å². The Bertz CT molecular complexity index is 482. The average Bonchev–Trinajstić information content (AvgIpc) is 2.22. The molecule has 0 heterocycles. The van der Waals surface area contributed by atoms with E-state index in [1.54, 1.807) is 19.1 Å². The molecule has 1 rings (SSSR count). The van der Waals surface area contributed by atoms with Gasteiger partial charge in [-0.1, -0.05) is 6.08 Å². The predicted octanol–water partition coefficient (Wildman–Crippen LogP) is 2.03. The van der Waals surface area contributed by atoms with E-state index in [4.69, 9.17) is 11.0 Å². The van der Waals surface area contributed by atoms with E-state index in [0.717, 1.165) is 5.56 Å². The maximum Gasteiger partial charge on any atom is 0.300 e. The van der Waals surface area contributed by atoms with Gasteiger partial charge in [-0.05, 0) is 37.1 Å². The molecular formula is C11H18N3O2P. The van der Waals surface area contributed by atoms with Gasteiger partial charge in [0, 0.05) is 12.2 Å². The molecule has 0 aromatic heterocycles. The van der Waals surface area contributed by atoms with Crippen LogP contribution in [-0.4, -0.2) is 11.7 Å². The van der Waals surface area contributed by atoms with Crippen LogP contribution in [0.5, 0.6) is 5.75 Å². The van der Waals surface area contributed by atoms with Crippen molar-refractivity contribution in [3.05, 3.63) is 35.9 Å². The van der Waals surface area contributed by atoms with Crippen molar-refractivity contribution in [2.75, 3.05) is 11.2 Å². The SMILES string of the molecule is C=CCN(c1ccc(O)c(C)c1C)P(N)(N)=O. The monoisotopic (exact) mass is 255 g/mol. The highest BCUT2D eigenvalue weighted by Crippen LogP contribution is 2.40. The zero-order valence-electron chi connectivity index (χ0n) is 10.1. The molecule has 94 valence electrons. The van der Waals surface area contributed by atoms with E-state index in [2.05, 4.69) is 6.58 Å². The number of nitrogens with two attached hydrogens (primary N) is 2. The number of hydrogen-bond acceptors (Lipinski definition) is 2. The number of rotatable bonds is 4. The lowest BCUT2D eigenvalue weighted by molar-refractivity contribution is 0.470. The van der Waals surface area contributed by atoms with Crippen LogP contribution in [-0.2, 0) is 4.57 Å². The molecule has 0 fully saturated rings. The molecule has 0 amide bonds. The van der Waals surface area contributed by atoms with Gasteiger partial charge in [0.25, 0.3) is 0 Å². The third-order valence-corrected chi connectivity index (χ3v) is 3.82. The second-order valence-electron chi connectivity index (χ2n) is 3.90. The van der Waals surface area contributed by atoms with Gasteiger partial charge < -0.3 is 5.11 Å². The first-order valence-electron chi connectivity index (χ1n) is 5.14. The molecular weight excluding hydrogens is 237 g/mol.